The van der Waals surface area contributed by atoms with Crippen LogP contribution in [-0.4, -0.2) is 40.8 Å². The number of halogens is 1. The molecule has 1 atom stereocenters. The first-order valence-electron chi connectivity index (χ1n) is 9.97. The lowest BCUT2D eigenvalue weighted by Gasteiger charge is -2.31. The number of nitrogens with zero attached hydrogens (tertiary/aromatic N) is 1. The number of hydrogen-bond acceptors (Lipinski definition) is 2. The molecule has 1 aromatic heterocycles. The number of H-pyrrole nitrogens is 1. The first-order chi connectivity index (χ1) is 13.1. The highest BCUT2D eigenvalue weighted by Crippen LogP contribution is 2.29. The molecule has 2 amide bonds. The first-order valence-corrected chi connectivity index (χ1v) is 10.3. The second-order valence-electron chi connectivity index (χ2n) is 7.71. The molecule has 0 radical (unpaired) electrons. The van der Waals surface area contributed by atoms with Crippen LogP contribution in [0.3, 0.4) is 0 Å². The minimum Gasteiger partial charge on any atom is -0.361 e. The molecule has 2 fully saturated rings. The standard InChI is InChI=1S/C21H26ClN3O2/c22-15-6-7-19-18(12-15)14(13-24-19)8-10-23-20(26)17-9-11-25(21(17)27)16-4-2-1-3-5-16/h6-7,12-13,16-17,24H,1-5,8-11H2,(H,23,26). The maximum Gasteiger partial charge on any atom is 0.235 e. The number of amides is 2. The van der Waals surface area contributed by atoms with Gasteiger partial charge in [-0.15, -0.1) is 0 Å². The summed E-state index contributed by atoms with van der Waals surface area (Å²) in [6.45, 7) is 1.24. The zero-order chi connectivity index (χ0) is 18.8. The topological polar surface area (TPSA) is 65.2 Å². The van der Waals surface area contributed by atoms with E-state index in [0.29, 0.717) is 30.5 Å². The van der Waals surface area contributed by atoms with E-state index in [9.17, 15) is 9.59 Å². The third-order valence-corrected chi connectivity index (χ3v) is 6.23. The number of fused-ring (bicyclic) bond motifs is 1. The van der Waals surface area contributed by atoms with E-state index in [0.717, 1.165) is 35.9 Å². The zero-order valence-corrected chi connectivity index (χ0v) is 16.2. The van der Waals surface area contributed by atoms with E-state index in [2.05, 4.69) is 10.3 Å². The van der Waals surface area contributed by atoms with Crippen molar-refractivity contribution in [1.82, 2.24) is 15.2 Å². The molecule has 2 N–H and O–H groups in total. The van der Waals surface area contributed by atoms with Crippen LogP contribution in [0.2, 0.25) is 5.02 Å². The molecule has 2 heterocycles. The highest BCUT2D eigenvalue weighted by atomic mass is 35.5. The zero-order valence-electron chi connectivity index (χ0n) is 15.5. The monoisotopic (exact) mass is 387 g/mol. The summed E-state index contributed by atoms with van der Waals surface area (Å²) in [6.07, 6.45) is 9.13. The number of rotatable bonds is 5. The van der Waals surface area contributed by atoms with E-state index in [-0.39, 0.29) is 11.8 Å². The molecular formula is C21H26ClN3O2. The van der Waals surface area contributed by atoms with Crippen molar-refractivity contribution >= 4 is 34.3 Å². The second kappa shape index (κ2) is 7.93. The fourth-order valence-corrected chi connectivity index (χ4v) is 4.67. The predicted octanol–water partition coefficient (Wildman–Crippen LogP) is 3.66. The van der Waals surface area contributed by atoms with Crippen LogP contribution >= 0.6 is 11.6 Å². The van der Waals surface area contributed by atoms with Gasteiger partial charge in [0.1, 0.15) is 5.92 Å². The van der Waals surface area contributed by atoms with E-state index >= 15 is 0 Å². The van der Waals surface area contributed by atoms with E-state index in [1.165, 1.54) is 19.3 Å². The van der Waals surface area contributed by atoms with Crippen molar-refractivity contribution in [2.24, 2.45) is 5.92 Å². The smallest absolute Gasteiger partial charge is 0.235 e. The number of nitrogens with one attached hydrogen (secondary N) is 2. The van der Waals surface area contributed by atoms with Crippen LogP contribution in [0, 0.1) is 5.92 Å². The van der Waals surface area contributed by atoms with Gasteiger partial charge in [-0.05, 0) is 49.4 Å². The van der Waals surface area contributed by atoms with Crippen LogP contribution in [0.4, 0.5) is 0 Å². The summed E-state index contributed by atoms with van der Waals surface area (Å²) in [5.74, 6) is -0.612. The fraction of sp³-hybridized carbons (Fsp3) is 0.524. The Hall–Kier alpha value is -2.01. The first kappa shape index (κ1) is 18.4. The van der Waals surface area contributed by atoms with Crippen molar-refractivity contribution in [3.8, 4) is 0 Å². The Morgan fingerprint density at radius 3 is 2.85 bits per heavy atom. The number of aromatic nitrogens is 1. The molecule has 0 bridgehead atoms. The van der Waals surface area contributed by atoms with Gasteiger partial charge >= 0.3 is 0 Å². The molecule has 0 spiro atoms. The SMILES string of the molecule is O=C(NCCc1c[nH]c2ccc(Cl)cc12)C1CCN(C2CCCCC2)C1=O. The van der Waals surface area contributed by atoms with Crippen molar-refractivity contribution in [2.45, 2.75) is 51.0 Å². The van der Waals surface area contributed by atoms with Gasteiger partial charge in [0.15, 0.2) is 0 Å². The Morgan fingerprint density at radius 1 is 1.22 bits per heavy atom. The normalized spacial score (nSPS) is 21.1. The Kier molecular flexibility index (Phi) is 5.39. The van der Waals surface area contributed by atoms with Crippen LogP contribution in [0.5, 0.6) is 0 Å². The van der Waals surface area contributed by atoms with Crippen LogP contribution in [0.15, 0.2) is 24.4 Å². The van der Waals surface area contributed by atoms with Gasteiger partial charge < -0.3 is 15.2 Å². The molecule has 1 unspecified atom stereocenters. The van der Waals surface area contributed by atoms with Gasteiger partial charge in [-0.2, -0.15) is 0 Å². The molecule has 6 heteroatoms. The van der Waals surface area contributed by atoms with Crippen molar-refractivity contribution < 1.29 is 9.59 Å². The summed E-state index contributed by atoms with van der Waals surface area (Å²) >= 11 is 6.09. The van der Waals surface area contributed by atoms with E-state index in [4.69, 9.17) is 11.6 Å². The summed E-state index contributed by atoms with van der Waals surface area (Å²) in [7, 11) is 0. The summed E-state index contributed by atoms with van der Waals surface area (Å²) in [5, 5.41) is 4.74. The van der Waals surface area contributed by atoms with Crippen molar-refractivity contribution in [3.63, 3.8) is 0 Å². The van der Waals surface area contributed by atoms with Gasteiger partial charge in [-0.25, -0.2) is 0 Å². The molecule has 1 aliphatic carbocycles. The maximum absolute atomic E-state index is 12.7. The summed E-state index contributed by atoms with van der Waals surface area (Å²) in [5.41, 5.74) is 2.16. The highest BCUT2D eigenvalue weighted by Gasteiger charge is 2.39. The van der Waals surface area contributed by atoms with Crippen LogP contribution in [0.25, 0.3) is 10.9 Å². The van der Waals surface area contributed by atoms with Crippen molar-refractivity contribution in [2.75, 3.05) is 13.1 Å². The molecule has 1 aliphatic heterocycles. The quantitative estimate of drug-likeness (QED) is 0.769. The molecular weight excluding hydrogens is 362 g/mol. The Morgan fingerprint density at radius 2 is 2.04 bits per heavy atom. The van der Waals surface area contributed by atoms with Gasteiger partial charge in [0.25, 0.3) is 0 Å². The van der Waals surface area contributed by atoms with Gasteiger partial charge in [-0.1, -0.05) is 30.9 Å². The molecule has 2 aromatic rings. The number of benzene rings is 1. The van der Waals surface area contributed by atoms with Crippen molar-refractivity contribution in [3.05, 3.63) is 35.0 Å². The third kappa shape index (κ3) is 3.84. The summed E-state index contributed by atoms with van der Waals surface area (Å²) < 4.78 is 0. The lowest BCUT2D eigenvalue weighted by molar-refractivity contribution is -0.139. The van der Waals surface area contributed by atoms with Gasteiger partial charge in [0.05, 0.1) is 0 Å². The third-order valence-electron chi connectivity index (χ3n) is 5.99. The second-order valence-corrected chi connectivity index (χ2v) is 8.15. The summed E-state index contributed by atoms with van der Waals surface area (Å²) in [4.78, 5) is 30.4. The van der Waals surface area contributed by atoms with Crippen molar-refractivity contribution in [1.29, 1.82) is 0 Å². The molecule has 27 heavy (non-hydrogen) atoms. The minimum absolute atomic E-state index is 0.0262. The Balaban J connectivity index is 1.31. The van der Waals surface area contributed by atoms with Crippen LogP contribution in [0.1, 0.15) is 44.1 Å². The van der Waals surface area contributed by atoms with E-state index < -0.39 is 5.92 Å². The molecule has 4 rings (SSSR count). The predicted molar refractivity (Wildman–Crippen MR) is 107 cm³/mol. The average molecular weight is 388 g/mol. The number of hydrogen-bond donors (Lipinski definition) is 2. The molecule has 1 saturated heterocycles. The van der Waals surface area contributed by atoms with Crippen LogP contribution in [-0.2, 0) is 16.0 Å². The van der Waals surface area contributed by atoms with Gasteiger partial charge in [0.2, 0.25) is 11.8 Å². The fourth-order valence-electron chi connectivity index (χ4n) is 4.50. The van der Waals surface area contributed by atoms with Crippen LogP contribution < -0.4 is 5.32 Å². The molecule has 1 aromatic carbocycles. The lowest BCUT2D eigenvalue weighted by Crippen LogP contribution is -2.42. The number of carbonyl (C=O) groups excluding carboxylic acids is 2. The number of aromatic amines is 1. The van der Waals surface area contributed by atoms with E-state index in [1.807, 2.05) is 29.3 Å². The summed E-state index contributed by atoms with van der Waals surface area (Å²) in [6, 6.07) is 6.10. The largest absolute Gasteiger partial charge is 0.361 e. The van der Waals surface area contributed by atoms with E-state index in [1.54, 1.807) is 0 Å². The molecule has 2 aliphatic rings. The minimum atomic E-state index is -0.510. The molecule has 5 nitrogen and oxygen atoms in total. The maximum atomic E-state index is 12.7. The molecule has 144 valence electrons. The van der Waals surface area contributed by atoms with Gasteiger partial charge in [0, 0.05) is 41.3 Å². The number of carbonyl (C=O) groups is 2. The lowest BCUT2D eigenvalue weighted by atomic mass is 9.94. The average Bonchev–Trinajstić information content (AvgIpc) is 3.26. The Labute approximate surface area is 164 Å². The number of likely N-dealkylation sites (tertiary alicyclic amines) is 1. The molecule has 1 saturated carbocycles. The highest BCUT2D eigenvalue weighted by molar-refractivity contribution is 6.31. The Bertz CT molecular complexity index is 841. The van der Waals surface area contributed by atoms with Gasteiger partial charge in [-0.3, -0.25) is 9.59 Å².